The molecule has 1 aromatic heterocycles. The number of rotatable bonds is 0. The number of hydrogen-bond donors (Lipinski definition) is 1. The topological polar surface area (TPSA) is 70.1 Å². The molecule has 0 spiro atoms. The fourth-order valence-corrected chi connectivity index (χ4v) is 0.533. The van der Waals surface area contributed by atoms with Crippen molar-refractivity contribution in [3.63, 3.8) is 0 Å². The number of ether oxygens (including phenoxy) is 1. The summed E-state index contributed by atoms with van der Waals surface area (Å²) < 4.78 is 5.38. The molecule has 0 saturated carbocycles. The lowest BCUT2D eigenvalue weighted by Crippen LogP contribution is -2.11. The molecule has 0 amide bonds. The van der Waals surface area contributed by atoms with E-state index >= 15 is 0 Å². The lowest BCUT2D eigenvalue weighted by molar-refractivity contribution is 0.169. The van der Waals surface area contributed by atoms with Gasteiger partial charge in [-0.05, 0) is 0 Å². The van der Waals surface area contributed by atoms with Crippen molar-refractivity contribution in [3.05, 3.63) is 12.3 Å². The van der Waals surface area contributed by atoms with Crippen LogP contribution in [-0.4, -0.2) is 23.0 Å². The van der Waals surface area contributed by atoms with E-state index in [0.29, 0.717) is 5.82 Å². The van der Waals surface area contributed by atoms with Crippen LogP contribution >= 0.6 is 0 Å². The highest BCUT2D eigenvalue weighted by atomic mass is 16.5. The summed E-state index contributed by atoms with van der Waals surface area (Å²) in [5.74, 6) is 0.297. The van der Waals surface area contributed by atoms with Crippen LogP contribution in [0.2, 0.25) is 0 Å². The number of carbonyl (C=O) groups is 1. The van der Waals surface area contributed by atoms with Crippen LogP contribution in [0, 0.1) is 0 Å². The number of nitrogens with two attached hydrogens (primary N) is 1. The highest BCUT2D eigenvalue weighted by molar-refractivity contribution is 5.69. The van der Waals surface area contributed by atoms with Crippen LogP contribution in [0.4, 0.5) is 10.6 Å². The standard InChI is InChI=1S/C5H7N3O2/c1-10-5(9)8-3-2-4(6)7-8/h2-3H,1H3,(H2,6,7). The van der Waals surface area contributed by atoms with Crippen LogP contribution < -0.4 is 5.73 Å². The van der Waals surface area contributed by atoms with Crippen molar-refractivity contribution in [3.8, 4) is 0 Å². The summed E-state index contributed by atoms with van der Waals surface area (Å²) in [6.07, 6.45) is 0.887. The van der Waals surface area contributed by atoms with Gasteiger partial charge in [-0.1, -0.05) is 0 Å². The fourth-order valence-electron chi connectivity index (χ4n) is 0.533. The highest BCUT2D eigenvalue weighted by Gasteiger charge is 2.02. The van der Waals surface area contributed by atoms with Crippen molar-refractivity contribution in [2.75, 3.05) is 12.8 Å². The van der Waals surface area contributed by atoms with Gasteiger partial charge in [-0.15, -0.1) is 5.10 Å². The molecular formula is C5H7N3O2. The Morgan fingerprint density at radius 1 is 1.90 bits per heavy atom. The molecular weight excluding hydrogens is 134 g/mol. The first-order valence-electron chi connectivity index (χ1n) is 2.63. The average Bonchev–Trinajstić information content (AvgIpc) is 2.34. The minimum atomic E-state index is -0.545. The second kappa shape index (κ2) is 2.38. The van der Waals surface area contributed by atoms with Gasteiger partial charge in [0.05, 0.1) is 7.11 Å². The predicted molar refractivity (Wildman–Crippen MR) is 34.4 cm³/mol. The summed E-state index contributed by atoms with van der Waals surface area (Å²) in [6.45, 7) is 0. The summed E-state index contributed by atoms with van der Waals surface area (Å²) in [5.41, 5.74) is 5.23. The number of nitrogens with zero attached hydrogens (tertiary/aromatic N) is 2. The summed E-state index contributed by atoms with van der Waals surface area (Å²) >= 11 is 0. The van der Waals surface area contributed by atoms with Crippen molar-refractivity contribution < 1.29 is 9.53 Å². The zero-order valence-electron chi connectivity index (χ0n) is 5.44. The molecule has 5 nitrogen and oxygen atoms in total. The monoisotopic (exact) mass is 141 g/mol. The van der Waals surface area contributed by atoms with Gasteiger partial charge in [0.1, 0.15) is 5.82 Å². The molecule has 0 aromatic carbocycles. The molecule has 0 unspecified atom stereocenters. The molecule has 5 heteroatoms. The van der Waals surface area contributed by atoms with E-state index in [-0.39, 0.29) is 0 Å². The minimum Gasteiger partial charge on any atom is -0.451 e. The summed E-state index contributed by atoms with van der Waals surface area (Å²) in [6, 6.07) is 1.51. The van der Waals surface area contributed by atoms with Crippen LogP contribution in [0.15, 0.2) is 12.3 Å². The Balaban J connectivity index is 2.85. The minimum absolute atomic E-state index is 0.297. The molecule has 0 atom stereocenters. The van der Waals surface area contributed by atoms with Gasteiger partial charge in [0, 0.05) is 12.3 Å². The van der Waals surface area contributed by atoms with E-state index in [9.17, 15) is 4.79 Å². The van der Waals surface area contributed by atoms with Gasteiger partial charge in [0.25, 0.3) is 0 Å². The van der Waals surface area contributed by atoms with Gasteiger partial charge >= 0.3 is 6.09 Å². The summed E-state index contributed by atoms with van der Waals surface area (Å²) in [5, 5.41) is 3.60. The van der Waals surface area contributed by atoms with Crippen molar-refractivity contribution in [2.45, 2.75) is 0 Å². The molecule has 0 radical (unpaired) electrons. The van der Waals surface area contributed by atoms with Crippen LogP contribution in [0.25, 0.3) is 0 Å². The number of nitrogen functional groups attached to an aromatic ring is 1. The van der Waals surface area contributed by atoms with Gasteiger partial charge in [-0.25, -0.2) is 4.79 Å². The number of hydrogen-bond acceptors (Lipinski definition) is 4. The number of carbonyl (C=O) groups excluding carboxylic acids is 1. The Morgan fingerprint density at radius 2 is 2.60 bits per heavy atom. The predicted octanol–water partition coefficient (Wildman–Crippen LogP) is 0.0798. The fraction of sp³-hybridized carbons (Fsp3) is 0.200. The largest absolute Gasteiger partial charge is 0.451 e. The zero-order chi connectivity index (χ0) is 7.56. The van der Waals surface area contributed by atoms with E-state index in [1.54, 1.807) is 0 Å². The molecule has 0 fully saturated rings. The Labute approximate surface area is 57.4 Å². The quantitative estimate of drug-likeness (QED) is 0.555. The first-order valence-corrected chi connectivity index (χ1v) is 2.63. The third-order valence-corrected chi connectivity index (χ3v) is 0.971. The SMILES string of the molecule is COC(=O)n1ccc(N)n1. The van der Waals surface area contributed by atoms with Gasteiger partial charge in [-0.3, -0.25) is 0 Å². The van der Waals surface area contributed by atoms with Crippen molar-refractivity contribution in [1.82, 2.24) is 9.78 Å². The van der Waals surface area contributed by atoms with Gasteiger partial charge < -0.3 is 10.5 Å². The Morgan fingerprint density at radius 3 is 3.00 bits per heavy atom. The number of methoxy groups -OCH3 is 1. The van der Waals surface area contributed by atoms with Gasteiger partial charge in [0.15, 0.2) is 0 Å². The van der Waals surface area contributed by atoms with E-state index in [1.807, 2.05) is 0 Å². The Hall–Kier alpha value is -1.52. The van der Waals surface area contributed by atoms with Crippen molar-refractivity contribution >= 4 is 11.9 Å². The molecule has 1 aromatic rings. The molecule has 1 rings (SSSR count). The van der Waals surface area contributed by atoms with E-state index in [4.69, 9.17) is 5.73 Å². The third-order valence-electron chi connectivity index (χ3n) is 0.971. The van der Waals surface area contributed by atoms with Gasteiger partial charge in [-0.2, -0.15) is 4.68 Å². The van der Waals surface area contributed by atoms with Crippen LogP contribution in [0.3, 0.4) is 0 Å². The first kappa shape index (κ1) is 6.60. The second-order valence-electron chi connectivity index (χ2n) is 1.66. The molecule has 2 N–H and O–H groups in total. The molecule has 1 heterocycles. The number of anilines is 1. The van der Waals surface area contributed by atoms with Crippen molar-refractivity contribution in [1.29, 1.82) is 0 Å². The van der Waals surface area contributed by atoms with Crippen LogP contribution in [0.5, 0.6) is 0 Å². The van der Waals surface area contributed by atoms with E-state index in [2.05, 4.69) is 9.84 Å². The zero-order valence-corrected chi connectivity index (χ0v) is 5.44. The normalized spacial score (nSPS) is 9.30. The second-order valence-corrected chi connectivity index (χ2v) is 1.66. The Bertz CT molecular complexity index is 243. The smallest absolute Gasteiger partial charge is 0.434 e. The molecule has 0 bridgehead atoms. The molecule has 0 aliphatic rings. The highest BCUT2D eigenvalue weighted by Crippen LogP contribution is 1.95. The third kappa shape index (κ3) is 1.07. The van der Waals surface area contributed by atoms with Gasteiger partial charge in [0.2, 0.25) is 0 Å². The maximum Gasteiger partial charge on any atom is 0.434 e. The molecule has 54 valence electrons. The van der Waals surface area contributed by atoms with Crippen molar-refractivity contribution in [2.24, 2.45) is 0 Å². The summed E-state index contributed by atoms with van der Waals surface area (Å²) in [4.78, 5) is 10.6. The molecule has 10 heavy (non-hydrogen) atoms. The van der Waals surface area contributed by atoms with Crippen LogP contribution in [0.1, 0.15) is 0 Å². The molecule has 0 saturated heterocycles. The van der Waals surface area contributed by atoms with E-state index < -0.39 is 6.09 Å². The van der Waals surface area contributed by atoms with E-state index in [1.165, 1.54) is 19.4 Å². The number of aromatic nitrogens is 2. The first-order chi connectivity index (χ1) is 4.74. The maximum absolute atomic E-state index is 10.6. The average molecular weight is 141 g/mol. The maximum atomic E-state index is 10.6. The molecule has 0 aliphatic heterocycles. The summed E-state index contributed by atoms with van der Waals surface area (Å²) in [7, 11) is 1.28. The van der Waals surface area contributed by atoms with Crippen LogP contribution in [-0.2, 0) is 4.74 Å². The van der Waals surface area contributed by atoms with E-state index in [0.717, 1.165) is 4.68 Å². The lowest BCUT2D eigenvalue weighted by atomic mass is 10.7. The molecule has 0 aliphatic carbocycles. The lowest BCUT2D eigenvalue weighted by Gasteiger charge is -1.94. The Kier molecular flexibility index (Phi) is 1.57.